The second-order valence-electron chi connectivity index (χ2n) is 4.92. The Kier molecular flexibility index (Phi) is 4.57. The standard InChI is InChI=1S/C15H21NO5/c1-5-10-15(18-6-2)20-12-9-7-8-11(13(12)21-15)19-14(17)16(3)4/h7-9H,5-6,10H2,1-4H3. The summed E-state index contributed by atoms with van der Waals surface area (Å²) in [7, 11) is 3.23. The van der Waals surface area contributed by atoms with Crippen LogP contribution in [0.3, 0.4) is 0 Å². The van der Waals surface area contributed by atoms with Crippen molar-refractivity contribution in [3.8, 4) is 17.2 Å². The van der Waals surface area contributed by atoms with E-state index in [0.29, 0.717) is 30.3 Å². The predicted octanol–water partition coefficient (Wildman–Crippen LogP) is 3.01. The molecule has 0 aliphatic carbocycles. The Morgan fingerprint density at radius 3 is 2.67 bits per heavy atom. The van der Waals surface area contributed by atoms with Gasteiger partial charge in [0.05, 0.1) is 13.0 Å². The molecular weight excluding hydrogens is 274 g/mol. The van der Waals surface area contributed by atoms with Crippen LogP contribution in [0.2, 0.25) is 0 Å². The molecule has 6 nitrogen and oxygen atoms in total. The van der Waals surface area contributed by atoms with E-state index in [9.17, 15) is 4.79 Å². The molecule has 0 bridgehead atoms. The van der Waals surface area contributed by atoms with Crippen molar-refractivity contribution in [1.29, 1.82) is 0 Å². The highest BCUT2D eigenvalue weighted by atomic mass is 16.9. The average Bonchev–Trinajstić information content (AvgIpc) is 2.78. The van der Waals surface area contributed by atoms with Crippen LogP contribution < -0.4 is 14.2 Å². The number of para-hydroxylation sites is 1. The van der Waals surface area contributed by atoms with Gasteiger partial charge in [-0.25, -0.2) is 4.79 Å². The number of nitrogens with zero attached hydrogens (tertiary/aromatic N) is 1. The summed E-state index contributed by atoms with van der Waals surface area (Å²) in [5, 5.41) is 0. The van der Waals surface area contributed by atoms with Crippen molar-refractivity contribution in [2.45, 2.75) is 32.7 Å². The first-order valence-corrected chi connectivity index (χ1v) is 7.05. The largest absolute Gasteiger partial charge is 0.426 e. The van der Waals surface area contributed by atoms with E-state index in [0.717, 1.165) is 6.42 Å². The van der Waals surface area contributed by atoms with Crippen molar-refractivity contribution in [2.24, 2.45) is 0 Å². The quantitative estimate of drug-likeness (QED) is 0.835. The van der Waals surface area contributed by atoms with Gasteiger partial charge in [0.1, 0.15) is 0 Å². The molecule has 0 N–H and O–H groups in total. The fourth-order valence-electron chi connectivity index (χ4n) is 2.05. The summed E-state index contributed by atoms with van der Waals surface area (Å²) in [5.74, 6) is 0.103. The van der Waals surface area contributed by atoms with Crippen LogP contribution >= 0.6 is 0 Å². The lowest BCUT2D eigenvalue weighted by atomic mass is 10.3. The fraction of sp³-hybridized carbons (Fsp3) is 0.533. The van der Waals surface area contributed by atoms with Crippen LogP contribution in [-0.2, 0) is 4.74 Å². The molecular formula is C15H21NO5. The van der Waals surface area contributed by atoms with E-state index in [1.54, 1.807) is 32.3 Å². The van der Waals surface area contributed by atoms with Crippen LogP contribution in [0, 0.1) is 0 Å². The second-order valence-corrected chi connectivity index (χ2v) is 4.92. The minimum atomic E-state index is -1.13. The van der Waals surface area contributed by atoms with E-state index in [1.807, 2.05) is 13.8 Å². The number of amides is 1. The summed E-state index contributed by atoms with van der Waals surface area (Å²) >= 11 is 0. The number of fused-ring (bicyclic) bond motifs is 1. The Hall–Kier alpha value is -1.95. The Labute approximate surface area is 124 Å². The van der Waals surface area contributed by atoms with Gasteiger partial charge in [-0.05, 0) is 25.5 Å². The second kappa shape index (κ2) is 6.22. The summed E-state index contributed by atoms with van der Waals surface area (Å²) in [6.07, 6.45) is 0.939. The third kappa shape index (κ3) is 3.21. The lowest BCUT2D eigenvalue weighted by molar-refractivity contribution is -0.283. The molecule has 1 aromatic rings. The van der Waals surface area contributed by atoms with E-state index in [2.05, 4.69) is 0 Å². The zero-order valence-corrected chi connectivity index (χ0v) is 12.8. The molecule has 0 spiro atoms. The average molecular weight is 295 g/mol. The SMILES string of the molecule is CCCC1(OCC)Oc2cccc(OC(=O)N(C)C)c2O1. The minimum absolute atomic E-state index is 0.323. The van der Waals surface area contributed by atoms with Gasteiger partial charge in [0.15, 0.2) is 11.5 Å². The number of rotatable bonds is 5. The van der Waals surface area contributed by atoms with Gasteiger partial charge in [-0.2, -0.15) is 0 Å². The number of carbonyl (C=O) groups excluding carboxylic acids is 1. The lowest BCUT2D eigenvalue weighted by Crippen LogP contribution is -2.41. The van der Waals surface area contributed by atoms with Crippen molar-refractivity contribution >= 4 is 6.09 Å². The van der Waals surface area contributed by atoms with E-state index in [-0.39, 0.29) is 0 Å². The van der Waals surface area contributed by atoms with Crippen LogP contribution in [0.25, 0.3) is 0 Å². The summed E-state index contributed by atoms with van der Waals surface area (Å²) in [6, 6.07) is 5.17. The normalized spacial score (nSPS) is 19.4. The monoisotopic (exact) mass is 295 g/mol. The third-order valence-corrected chi connectivity index (χ3v) is 2.95. The van der Waals surface area contributed by atoms with Crippen LogP contribution in [0.5, 0.6) is 17.2 Å². The maximum atomic E-state index is 11.7. The molecule has 21 heavy (non-hydrogen) atoms. The molecule has 1 atom stereocenters. The first kappa shape index (κ1) is 15.4. The number of benzene rings is 1. The van der Waals surface area contributed by atoms with E-state index >= 15 is 0 Å². The smallest absolute Gasteiger partial charge is 0.414 e. The molecule has 1 aliphatic heterocycles. The van der Waals surface area contributed by atoms with Gasteiger partial charge in [-0.15, -0.1) is 0 Å². The van der Waals surface area contributed by atoms with Gasteiger partial charge in [0.25, 0.3) is 0 Å². The molecule has 6 heteroatoms. The molecule has 116 valence electrons. The zero-order valence-electron chi connectivity index (χ0n) is 12.8. The number of hydrogen-bond donors (Lipinski definition) is 0. The third-order valence-electron chi connectivity index (χ3n) is 2.95. The number of ether oxygens (including phenoxy) is 4. The van der Waals surface area contributed by atoms with E-state index in [1.165, 1.54) is 4.90 Å². The zero-order chi connectivity index (χ0) is 15.5. The van der Waals surface area contributed by atoms with E-state index in [4.69, 9.17) is 18.9 Å². The van der Waals surface area contributed by atoms with Crippen LogP contribution in [0.4, 0.5) is 4.79 Å². The van der Waals surface area contributed by atoms with Crippen LogP contribution in [0.15, 0.2) is 18.2 Å². The Morgan fingerprint density at radius 1 is 1.29 bits per heavy atom. The maximum Gasteiger partial charge on any atom is 0.414 e. The van der Waals surface area contributed by atoms with Crippen LogP contribution in [0.1, 0.15) is 26.7 Å². The molecule has 0 radical (unpaired) electrons. The highest BCUT2D eigenvalue weighted by Crippen LogP contribution is 2.47. The number of hydrogen-bond acceptors (Lipinski definition) is 5. The van der Waals surface area contributed by atoms with Crippen molar-refractivity contribution in [2.75, 3.05) is 20.7 Å². The highest BCUT2D eigenvalue weighted by molar-refractivity contribution is 5.72. The molecule has 1 aromatic carbocycles. The van der Waals surface area contributed by atoms with Gasteiger partial charge >= 0.3 is 12.1 Å². The summed E-state index contributed by atoms with van der Waals surface area (Å²) in [5.41, 5.74) is 0. The molecule has 0 fully saturated rings. The Bertz CT molecular complexity index is 509. The fourth-order valence-corrected chi connectivity index (χ4v) is 2.05. The van der Waals surface area contributed by atoms with Crippen LogP contribution in [-0.4, -0.2) is 37.7 Å². The predicted molar refractivity (Wildman–Crippen MR) is 76.7 cm³/mol. The first-order chi connectivity index (χ1) is 10.0. The van der Waals surface area contributed by atoms with Crippen molar-refractivity contribution in [3.63, 3.8) is 0 Å². The van der Waals surface area contributed by atoms with Crippen molar-refractivity contribution < 1.29 is 23.7 Å². The Morgan fingerprint density at radius 2 is 2.05 bits per heavy atom. The molecule has 1 amide bonds. The molecule has 1 heterocycles. The highest BCUT2D eigenvalue weighted by Gasteiger charge is 2.44. The lowest BCUT2D eigenvalue weighted by Gasteiger charge is -2.26. The van der Waals surface area contributed by atoms with Gasteiger partial charge < -0.3 is 23.8 Å². The molecule has 0 saturated heterocycles. The Balaban J connectivity index is 2.25. The first-order valence-electron chi connectivity index (χ1n) is 7.05. The summed E-state index contributed by atoms with van der Waals surface area (Å²) < 4.78 is 22.6. The van der Waals surface area contributed by atoms with Crippen molar-refractivity contribution in [3.05, 3.63) is 18.2 Å². The summed E-state index contributed by atoms with van der Waals surface area (Å²) in [6.45, 7) is 4.35. The van der Waals surface area contributed by atoms with Gasteiger partial charge in [0, 0.05) is 14.1 Å². The molecule has 0 saturated carbocycles. The van der Waals surface area contributed by atoms with E-state index < -0.39 is 12.1 Å². The van der Waals surface area contributed by atoms with Gasteiger partial charge in [-0.1, -0.05) is 13.0 Å². The molecule has 0 aromatic heterocycles. The van der Waals surface area contributed by atoms with Gasteiger partial charge in [0.2, 0.25) is 5.75 Å². The molecule has 2 rings (SSSR count). The molecule has 1 unspecified atom stereocenters. The summed E-state index contributed by atoms with van der Waals surface area (Å²) in [4.78, 5) is 13.0. The minimum Gasteiger partial charge on any atom is -0.426 e. The maximum absolute atomic E-state index is 11.7. The van der Waals surface area contributed by atoms with Gasteiger partial charge in [-0.3, -0.25) is 0 Å². The topological polar surface area (TPSA) is 57.2 Å². The van der Waals surface area contributed by atoms with Crippen molar-refractivity contribution in [1.82, 2.24) is 4.90 Å². The molecule has 1 aliphatic rings. The number of carbonyl (C=O) groups is 1.